The van der Waals surface area contributed by atoms with E-state index in [1.165, 1.54) is 5.56 Å². The molecule has 28 heavy (non-hydrogen) atoms. The summed E-state index contributed by atoms with van der Waals surface area (Å²) in [6.07, 6.45) is 0.654. The number of aryl methyl sites for hydroxylation is 4. The molecule has 2 aromatic carbocycles. The van der Waals surface area contributed by atoms with E-state index in [1.807, 2.05) is 26.8 Å². The molecule has 0 radical (unpaired) electrons. The topological polar surface area (TPSA) is 50.3 Å². The molecule has 0 bridgehead atoms. The zero-order valence-corrected chi connectivity index (χ0v) is 18.2. The highest BCUT2D eigenvalue weighted by Gasteiger charge is 2.31. The fraction of sp³-hybridized carbons (Fsp3) is 0.318. The van der Waals surface area contributed by atoms with Crippen LogP contribution in [0.15, 0.2) is 41.3 Å². The molecule has 3 aromatic rings. The predicted molar refractivity (Wildman–Crippen MR) is 114 cm³/mol. The second kappa shape index (κ2) is 7.10. The van der Waals surface area contributed by atoms with E-state index < -0.39 is 10.0 Å². The van der Waals surface area contributed by atoms with Crippen LogP contribution in [-0.2, 0) is 23.0 Å². The van der Waals surface area contributed by atoms with Crippen molar-refractivity contribution in [1.82, 2.24) is 9.29 Å². The first-order chi connectivity index (χ1) is 13.3. The first kappa shape index (κ1) is 19.3. The Balaban J connectivity index is 1.65. The first-order valence-corrected chi connectivity index (χ1v) is 11.6. The molecular formula is C22H24N2O2S2. The number of rotatable bonds is 3. The highest BCUT2D eigenvalue weighted by atomic mass is 32.2. The molecule has 146 valence electrons. The third kappa shape index (κ3) is 3.41. The Morgan fingerprint density at radius 3 is 2.36 bits per heavy atom. The molecule has 0 N–H and O–H groups in total. The van der Waals surface area contributed by atoms with Gasteiger partial charge in [-0.15, -0.1) is 11.3 Å². The van der Waals surface area contributed by atoms with Crippen molar-refractivity contribution in [1.29, 1.82) is 0 Å². The minimum Gasteiger partial charge on any atom is -0.241 e. The molecule has 0 saturated carbocycles. The Kier molecular flexibility index (Phi) is 4.89. The van der Waals surface area contributed by atoms with E-state index >= 15 is 0 Å². The van der Waals surface area contributed by atoms with E-state index in [-0.39, 0.29) is 0 Å². The summed E-state index contributed by atoms with van der Waals surface area (Å²) in [5.74, 6) is 0. The number of thiazole rings is 1. The molecule has 1 aliphatic rings. The van der Waals surface area contributed by atoms with Crippen LogP contribution in [-0.4, -0.2) is 24.3 Å². The van der Waals surface area contributed by atoms with E-state index in [9.17, 15) is 8.42 Å². The van der Waals surface area contributed by atoms with E-state index in [4.69, 9.17) is 4.98 Å². The highest BCUT2D eigenvalue weighted by Crippen LogP contribution is 2.34. The van der Waals surface area contributed by atoms with E-state index in [1.54, 1.807) is 21.7 Å². The normalized spacial score (nSPS) is 14.9. The van der Waals surface area contributed by atoms with Crippen LogP contribution < -0.4 is 0 Å². The fourth-order valence-electron chi connectivity index (χ4n) is 3.55. The number of benzene rings is 2. The summed E-state index contributed by atoms with van der Waals surface area (Å²) in [7, 11) is -3.52. The maximum Gasteiger partial charge on any atom is 0.243 e. The molecule has 1 aromatic heterocycles. The summed E-state index contributed by atoms with van der Waals surface area (Å²) in [5, 5.41) is 0.964. The van der Waals surface area contributed by atoms with Crippen LogP contribution in [0, 0.1) is 27.7 Å². The van der Waals surface area contributed by atoms with Crippen molar-refractivity contribution < 1.29 is 8.42 Å². The van der Waals surface area contributed by atoms with Gasteiger partial charge in [0.25, 0.3) is 0 Å². The van der Waals surface area contributed by atoms with Gasteiger partial charge in [0.1, 0.15) is 5.01 Å². The molecule has 2 heterocycles. The second-order valence-electron chi connectivity index (χ2n) is 7.55. The molecule has 4 nitrogen and oxygen atoms in total. The third-order valence-electron chi connectivity index (χ3n) is 5.40. The minimum atomic E-state index is -3.52. The van der Waals surface area contributed by atoms with Gasteiger partial charge in [-0.1, -0.05) is 35.9 Å². The number of fused-ring (bicyclic) bond motifs is 1. The van der Waals surface area contributed by atoms with Gasteiger partial charge in [-0.3, -0.25) is 0 Å². The molecule has 0 amide bonds. The molecular weight excluding hydrogens is 388 g/mol. The minimum absolute atomic E-state index is 0.396. The van der Waals surface area contributed by atoms with Crippen LogP contribution in [0.1, 0.15) is 32.8 Å². The van der Waals surface area contributed by atoms with Gasteiger partial charge in [0.05, 0.1) is 17.1 Å². The van der Waals surface area contributed by atoms with Gasteiger partial charge in [-0.25, -0.2) is 13.4 Å². The Morgan fingerprint density at radius 2 is 1.64 bits per heavy atom. The molecule has 6 heteroatoms. The number of nitrogens with zero attached hydrogens (tertiary/aromatic N) is 2. The predicted octanol–water partition coefficient (Wildman–Crippen LogP) is 4.79. The summed E-state index contributed by atoms with van der Waals surface area (Å²) in [5.41, 5.74) is 6.25. The largest absolute Gasteiger partial charge is 0.243 e. The van der Waals surface area contributed by atoms with Gasteiger partial charge >= 0.3 is 0 Å². The van der Waals surface area contributed by atoms with Gasteiger partial charge in [-0.05, 0) is 50.5 Å². The van der Waals surface area contributed by atoms with E-state index in [2.05, 4.69) is 31.2 Å². The summed E-state index contributed by atoms with van der Waals surface area (Å²) < 4.78 is 28.2. The molecule has 0 atom stereocenters. The Labute approximate surface area is 170 Å². The monoisotopic (exact) mass is 412 g/mol. The lowest BCUT2D eigenvalue weighted by Gasteiger charge is -2.26. The zero-order chi connectivity index (χ0) is 20.1. The van der Waals surface area contributed by atoms with Crippen molar-refractivity contribution in [2.75, 3.05) is 6.54 Å². The van der Waals surface area contributed by atoms with Gasteiger partial charge in [0.15, 0.2) is 0 Å². The quantitative estimate of drug-likeness (QED) is 0.621. The van der Waals surface area contributed by atoms with Crippen LogP contribution in [0.3, 0.4) is 0 Å². The average molecular weight is 413 g/mol. The lowest BCUT2D eigenvalue weighted by molar-refractivity contribution is 0.392. The maximum atomic E-state index is 13.3. The molecule has 0 spiro atoms. The van der Waals surface area contributed by atoms with Crippen molar-refractivity contribution in [3.05, 3.63) is 69.2 Å². The van der Waals surface area contributed by atoms with Crippen molar-refractivity contribution in [3.63, 3.8) is 0 Å². The van der Waals surface area contributed by atoms with Crippen LogP contribution in [0.2, 0.25) is 0 Å². The molecule has 0 aliphatic carbocycles. The summed E-state index contributed by atoms with van der Waals surface area (Å²) in [4.78, 5) is 6.25. The van der Waals surface area contributed by atoms with Crippen molar-refractivity contribution in [2.45, 2.75) is 45.6 Å². The zero-order valence-electron chi connectivity index (χ0n) is 16.6. The van der Waals surface area contributed by atoms with E-state index in [0.29, 0.717) is 24.4 Å². The average Bonchev–Trinajstić information content (AvgIpc) is 3.08. The van der Waals surface area contributed by atoms with Crippen LogP contribution in [0.4, 0.5) is 0 Å². The number of aromatic nitrogens is 1. The Bertz CT molecular complexity index is 1150. The highest BCUT2D eigenvalue weighted by molar-refractivity contribution is 7.89. The van der Waals surface area contributed by atoms with Crippen molar-refractivity contribution >= 4 is 21.4 Å². The van der Waals surface area contributed by atoms with Crippen molar-refractivity contribution in [3.8, 4) is 10.6 Å². The van der Waals surface area contributed by atoms with Gasteiger partial charge in [0, 0.05) is 23.4 Å². The lowest BCUT2D eigenvalue weighted by atomic mass is 10.1. The molecule has 4 rings (SSSR count). The molecule has 1 aliphatic heterocycles. The Morgan fingerprint density at radius 1 is 0.964 bits per heavy atom. The van der Waals surface area contributed by atoms with Gasteiger partial charge in [0.2, 0.25) is 10.0 Å². The SMILES string of the molecule is Cc1ccc(-c2nc3c(s2)CN(S(=O)(=O)c2cc(C)c(C)cc2C)CC3)cc1. The smallest absolute Gasteiger partial charge is 0.241 e. The van der Waals surface area contributed by atoms with Crippen LogP contribution in [0.25, 0.3) is 10.6 Å². The Hall–Kier alpha value is -2.02. The summed E-state index contributed by atoms with van der Waals surface area (Å²) in [6.45, 7) is 8.77. The maximum absolute atomic E-state index is 13.3. The van der Waals surface area contributed by atoms with Crippen LogP contribution in [0.5, 0.6) is 0 Å². The van der Waals surface area contributed by atoms with Gasteiger partial charge < -0.3 is 0 Å². The molecule has 0 unspecified atom stereocenters. The molecule has 0 saturated heterocycles. The molecule has 0 fully saturated rings. The summed E-state index contributed by atoms with van der Waals surface area (Å²) in [6, 6.07) is 12.1. The fourth-order valence-corrected chi connectivity index (χ4v) is 6.46. The summed E-state index contributed by atoms with van der Waals surface area (Å²) >= 11 is 1.60. The second-order valence-corrected chi connectivity index (χ2v) is 10.5. The van der Waals surface area contributed by atoms with Crippen LogP contribution >= 0.6 is 11.3 Å². The van der Waals surface area contributed by atoms with Gasteiger partial charge in [-0.2, -0.15) is 4.31 Å². The van der Waals surface area contributed by atoms with Crippen molar-refractivity contribution in [2.24, 2.45) is 0 Å². The number of hydrogen-bond donors (Lipinski definition) is 0. The standard InChI is InChI=1S/C22H24N2O2S2/c1-14-5-7-18(8-6-14)22-23-19-9-10-24(13-20(19)27-22)28(25,26)21-12-16(3)15(2)11-17(21)4/h5-8,11-12H,9-10,13H2,1-4H3. The lowest BCUT2D eigenvalue weighted by Crippen LogP contribution is -2.35. The third-order valence-corrected chi connectivity index (χ3v) is 8.52. The van der Waals surface area contributed by atoms with E-state index in [0.717, 1.165) is 37.8 Å². The first-order valence-electron chi connectivity index (χ1n) is 9.39. The number of sulfonamides is 1. The number of hydrogen-bond acceptors (Lipinski definition) is 4.